The fourth-order valence-corrected chi connectivity index (χ4v) is 2.50. The smallest absolute Gasteiger partial charge is 0.375 e. The van der Waals surface area contributed by atoms with Crippen molar-refractivity contribution < 1.29 is 9.53 Å². The van der Waals surface area contributed by atoms with Crippen LogP contribution < -0.4 is 5.56 Å². The lowest BCUT2D eigenvalue weighted by Crippen LogP contribution is -2.27. The van der Waals surface area contributed by atoms with Gasteiger partial charge in [-0.1, -0.05) is 29.8 Å². The first-order chi connectivity index (χ1) is 11.1. The van der Waals surface area contributed by atoms with Gasteiger partial charge in [-0.3, -0.25) is 9.36 Å². The van der Waals surface area contributed by atoms with Crippen molar-refractivity contribution in [1.29, 1.82) is 0 Å². The van der Waals surface area contributed by atoms with Gasteiger partial charge in [0.15, 0.2) is 0 Å². The lowest BCUT2D eigenvalue weighted by Gasteiger charge is -2.12. The standard InChI is InChI=1S/C17H13ClN2O3/c1-2-23-17(22)15-19-14-9-4-3-8-13(14)16(21)20(15)12-7-5-6-11(18)10-12/h3-10H,2H2,1H3. The number of ether oxygens (including phenoxy) is 1. The molecule has 5 nitrogen and oxygen atoms in total. The number of hydrogen-bond donors (Lipinski definition) is 0. The number of carbonyl (C=O) groups is 1. The van der Waals surface area contributed by atoms with Crippen LogP contribution in [-0.4, -0.2) is 22.1 Å². The molecule has 0 aliphatic rings. The molecular formula is C17H13ClN2O3. The largest absolute Gasteiger partial charge is 0.460 e. The predicted molar refractivity (Wildman–Crippen MR) is 88.3 cm³/mol. The molecule has 1 aromatic heterocycles. The molecule has 0 saturated carbocycles. The second-order valence-corrected chi connectivity index (χ2v) is 5.23. The summed E-state index contributed by atoms with van der Waals surface area (Å²) in [5, 5.41) is 0.873. The number of carbonyl (C=O) groups excluding carboxylic acids is 1. The van der Waals surface area contributed by atoms with E-state index < -0.39 is 5.97 Å². The number of nitrogens with zero attached hydrogens (tertiary/aromatic N) is 2. The van der Waals surface area contributed by atoms with Crippen molar-refractivity contribution in [3.63, 3.8) is 0 Å². The van der Waals surface area contributed by atoms with Gasteiger partial charge in [-0.2, -0.15) is 0 Å². The van der Waals surface area contributed by atoms with E-state index in [1.165, 1.54) is 4.57 Å². The Morgan fingerprint density at radius 1 is 1.22 bits per heavy atom. The van der Waals surface area contributed by atoms with E-state index in [0.29, 0.717) is 21.6 Å². The van der Waals surface area contributed by atoms with Crippen molar-refractivity contribution in [1.82, 2.24) is 9.55 Å². The number of esters is 1. The summed E-state index contributed by atoms with van der Waals surface area (Å²) >= 11 is 6.01. The van der Waals surface area contributed by atoms with Crippen molar-refractivity contribution >= 4 is 28.5 Å². The molecule has 0 atom stereocenters. The normalized spacial score (nSPS) is 10.7. The van der Waals surface area contributed by atoms with Crippen LogP contribution in [0.5, 0.6) is 0 Å². The minimum absolute atomic E-state index is 0.0715. The average molecular weight is 329 g/mol. The van der Waals surface area contributed by atoms with Crippen LogP contribution in [0.3, 0.4) is 0 Å². The molecule has 1 heterocycles. The Hall–Kier alpha value is -2.66. The molecular weight excluding hydrogens is 316 g/mol. The third kappa shape index (κ3) is 2.83. The Balaban J connectivity index is 2.37. The molecule has 0 saturated heterocycles. The third-order valence-corrected chi connectivity index (χ3v) is 3.54. The topological polar surface area (TPSA) is 61.2 Å². The van der Waals surface area contributed by atoms with E-state index in [9.17, 15) is 9.59 Å². The quantitative estimate of drug-likeness (QED) is 0.693. The number of benzene rings is 2. The predicted octanol–water partition coefficient (Wildman–Crippen LogP) is 3.22. The molecule has 3 aromatic rings. The van der Waals surface area contributed by atoms with Crippen LogP contribution in [0.2, 0.25) is 5.02 Å². The van der Waals surface area contributed by atoms with Crippen LogP contribution in [0, 0.1) is 0 Å². The first-order valence-electron chi connectivity index (χ1n) is 7.06. The van der Waals surface area contributed by atoms with Gasteiger partial charge in [0, 0.05) is 5.02 Å². The Labute approximate surface area is 137 Å². The summed E-state index contributed by atoms with van der Waals surface area (Å²) < 4.78 is 6.26. The summed E-state index contributed by atoms with van der Waals surface area (Å²) in [4.78, 5) is 29.4. The van der Waals surface area contributed by atoms with Gasteiger partial charge in [0.05, 0.1) is 23.2 Å². The number of rotatable bonds is 3. The molecule has 0 N–H and O–H groups in total. The lowest BCUT2D eigenvalue weighted by atomic mass is 10.2. The minimum atomic E-state index is -0.657. The van der Waals surface area contributed by atoms with Crippen LogP contribution in [0.4, 0.5) is 0 Å². The van der Waals surface area contributed by atoms with Gasteiger partial charge in [0.1, 0.15) is 0 Å². The molecule has 23 heavy (non-hydrogen) atoms. The van der Waals surface area contributed by atoms with Gasteiger partial charge in [0.2, 0.25) is 5.82 Å². The zero-order chi connectivity index (χ0) is 16.4. The zero-order valence-electron chi connectivity index (χ0n) is 12.3. The maximum absolute atomic E-state index is 12.8. The highest BCUT2D eigenvalue weighted by Crippen LogP contribution is 2.17. The first kappa shape index (κ1) is 15.2. The summed E-state index contributed by atoms with van der Waals surface area (Å²) in [5.74, 6) is -0.729. The fraction of sp³-hybridized carbons (Fsp3) is 0.118. The second kappa shape index (κ2) is 6.22. The van der Waals surface area contributed by atoms with E-state index in [1.54, 1.807) is 55.5 Å². The molecule has 0 aliphatic heterocycles. The van der Waals surface area contributed by atoms with Crippen molar-refractivity contribution in [3.05, 3.63) is 69.7 Å². The number of fused-ring (bicyclic) bond motifs is 1. The SMILES string of the molecule is CCOC(=O)c1nc2ccccc2c(=O)n1-c1cccc(Cl)c1. The summed E-state index contributed by atoms with van der Waals surface area (Å²) in [6.07, 6.45) is 0. The van der Waals surface area contributed by atoms with E-state index in [2.05, 4.69) is 4.98 Å². The van der Waals surface area contributed by atoms with Gasteiger partial charge in [-0.15, -0.1) is 0 Å². The monoisotopic (exact) mass is 328 g/mol. The Bertz CT molecular complexity index is 950. The summed E-state index contributed by atoms with van der Waals surface area (Å²) in [6, 6.07) is 13.5. The van der Waals surface area contributed by atoms with E-state index in [0.717, 1.165) is 0 Å². The fourth-order valence-electron chi connectivity index (χ4n) is 2.32. The minimum Gasteiger partial charge on any atom is -0.460 e. The van der Waals surface area contributed by atoms with Gasteiger partial charge < -0.3 is 4.74 Å². The molecule has 0 bridgehead atoms. The zero-order valence-corrected chi connectivity index (χ0v) is 13.1. The lowest BCUT2D eigenvalue weighted by molar-refractivity contribution is 0.0508. The van der Waals surface area contributed by atoms with E-state index in [-0.39, 0.29) is 18.0 Å². The molecule has 2 aromatic carbocycles. The molecule has 0 radical (unpaired) electrons. The summed E-state index contributed by atoms with van der Waals surface area (Å²) in [7, 11) is 0. The second-order valence-electron chi connectivity index (χ2n) is 4.79. The van der Waals surface area contributed by atoms with Crippen molar-refractivity contribution in [2.24, 2.45) is 0 Å². The molecule has 3 rings (SSSR count). The van der Waals surface area contributed by atoms with E-state index in [4.69, 9.17) is 16.3 Å². The number of halogens is 1. The molecule has 0 amide bonds. The molecule has 0 aliphatic carbocycles. The van der Waals surface area contributed by atoms with Gasteiger partial charge in [-0.05, 0) is 37.3 Å². The average Bonchev–Trinajstić information content (AvgIpc) is 2.55. The van der Waals surface area contributed by atoms with Crippen LogP contribution in [0.1, 0.15) is 17.5 Å². The molecule has 116 valence electrons. The van der Waals surface area contributed by atoms with Crippen molar-refractivity contribution in [3.8, 4) is 5.69 Å². The highest BCUT2D eigenvalue weighted by atomic mass is 35.5. The molecule has 6 heteroatoms. The molecule has 0 spiro atoms. The van der Waals surface area contributed by atoms with E-state index >= 15 is 0 Å². The first-order valence-corrected chi connectivity index (χ1v) is 7.44. The van der Waals surface area contributed by atoms with Gasteiger partial charge >= 0.3 is 5.97 Å². The Morgan fingerprint density at radius 3 is 2.74 bits per heavy atom. The van der Waals surface area contributed by atoms with Crippen LogP contribution in [-0.2, 0) is 4.74 Å². The maximum Gasteiger partial charge on any atom is 0.375 e. The summed E-state index contributed by atoms with van der Waals surface area (Å²) in [6.45, 7) is 1.89. The van der Waals surface area contributed by atoms with Crippen LogP contribution >= 0.6 is 11.6 Å². The van der Waals surface area contributed by atoms with Crippen molar-refractivity contribution in [2.45, 2.75) is 6.92 Å². The molecule has 0 fully saturated rings. The highest BCUT2D eigenvalue weighted by Gasteiger charge is 2.19. The van der Waals surface area contributed by atoms with E-state index in [1.807, 2.05) is 0 Å². The molecule has 0 unspecified atom stereocenters. The van der Waals surface area contributed by atoms with Crippen LogP contribution in [0.25, 0.3) is 16.6 Å². The Kier molecular flexibility index (Phi) is 4.12. The van der Waals surface area contributed by atoms with Crippen LogP contribution in [0.15, 0.2) is 53.3 Å². The van der Waals surface area contributed by atoms with Gasteiger partial charge in [-0.25, -0.2) is 9.78 Å². The third-order valence-electron chi connectivity index (χ3n) is 3.30. The number of para-hydroxylation sites is 1. The summed E-state index contributed by atoms with van der Waals surface area (Å²) in [5.41, 5.74) is 0.559. The van der Waals surface area contributed by atoms with Gasteiger partial charge in [0.25, 0.3) is 5.56 Å². The number of hydrogen-bond acceptors (Lipinski definition) is 4. The maximum atomic E-state index is 12.8. The Morgan fingerprint density at radius 2 is 2.00 bits per heavy atom. The van der Waals surface area contributed by atoms with Crippen molar-refractivity contribution in [2.75, 3.05) is 6.61 Å². The number of aromatic nitrogens is 2. The highest BCUT2D eigenvalue weighted by molar-refractivity contribution is 6.30.